The number of likely N-dealkylation sites (tertiary alicyclic amines) is 1. The molecule has 0 aromatic heterocycles. The van der Waals surface area contributed by atoms with Crippen molar-refractivity contribution in [3.8, 4) is 6.07 Å². The molecule has 0 saturated carbocycles. The molecule has 2 atom stereocenters. The zero-order chi connectivity index (χ0) is 10.8. The summed E-state index contributed by atoms with van der Waals surface area (Å²) < 4.78 is 0. The van der Waals surface area contributed by atoms with Gasteiger partial charge in [0.25, 0.3) is 0 Å². The number of rotatable bonds is 2. The number of hydrogen-bond acceptors (Lipinski definition) is 3. The lowest BCUT2D eigenvalue weighted by Gasteiger charge is -2.29. The van der Waals surface area contributed by atoms with Crippen LogP contribution in [0, 0.1) is 22.7 Å². The average Bonchev–Trinajstić information content (AvgIpc) is 2.50. The fourth-order valence-corrected chi connectivity index (χ4v) is 1.62. The van der Waals surface area contributed by atoms with Gasteiger partial charge in [-0.05, 0) is 18.4 Å². The molecule has 0 spiro atoms. The number of hydrogen-bond donors (Lipinski definition) is 1. The van der Waals surface area contributed by atoms with Gasteiger partial charge in [-0.3, -0.25) is 4.90 Å². The van der Waals surface area contributed by atoms with Crippen molar-refractivity contribution in [3.05, 3.63) is 0 Å². The van der Waals surface area contributed by atoms with E-state index >= 15 is 0 Å². The second kappa shape index (κ2) is 4.29. The second-order valence-corrected chi connectivity index (χ2v) is 5.26. The highest BCUT2D eigenvalue weighted by atomic mass is 16.3. The van der Waals surface area contributed by atoms with E-state index in [1.165, 1.54) is 0 Å². The van der Waals surface area contributed by atoms with Gasteiger partial charge in [-0.1, -0.05) is 20.8 Å². The van der Waals surface area contributed by atoms with Crippen molar-refractivity contribution in [3.63, 3.8) is 0 Å². The average molecular weight is 196 g/mol. The van der Waals surface area contributed by atoms with Crippen molar-refractivity contribution >= 4 is 0 Å². The maximum atomic E-state index is 9.88. The van der Waals surface area contributed by atoms with Gasteiger partial charge in [0, 0.05) is 13.1 Å². The van der Waals surface area contributed by atoms with Crippen LogP contribution in [0.4, 0.5) is 0 Å². The third-order valence-corrected chi connectivity index (χ3v) is 2.89. The van der Waals surface area contributed by atoms with Gasteiger partial charge in [0.15, 0.2) is 0 Å². The third-order valence-electron chi connectivity index (χ3n) is 2.89. The maximum Gasteiger partial charge on any atom is 0.0715 e. The first-order valence-corrected chi connectivity index (χ1v) is 5.23. The molecular formula is C11H20N2O. The molecule has 2 unspecified atom stereocenters. The Morgan fingerprint density at radius 1 is 1.57 bits per heavy atom. The van der Waals surface area contributed by atoms with Gasteiger partial charge in [-0.2, -0.15) is 5.26 Å². The number of β-amino-alcohol motifs (C(OH)–C–C–N with tert-alkyl or cyclic N) is 1. The maximum absolute atomic E-state index is 9.88. The summed E-state index contributed by atoms with van der Waals surface area (Å²) in [6.45, 7) is 8.58. The van der Waals surface area contributed by atoms with E-state index in [1.807, 2.05) is 20.8 Å². The van der Waals surface area contributed by atoms with Crippen LogP contribution in [-0.2, 0) is 0 Å². The molecule has 1 heterocycles. The first-order chi connectivity index (χ1) is 6.43. The van der Waals surface area contributed by atoms with E-state index in [0.29, 0.717) is 6.54 Å². The molecule has 1 aliphatic heterocycles. The zero-order valence-corrected chi connectivity index (χ0v) is 9.32. The first kappa shape index (κ1) is 11.5. The number of aliphatic hydroxyl groups is 1. The number of aliphatic hydroxyl groups excluding tert-OH is 1. The van der Waals surface area contributed by atoms with Crippen molar-refractivity contribution in [1.82, 2.24) is 4.90 Å². The van der Waals surface area contributed by atoms with E-state index in [4.69, 9.17) is 5.26 Å². The van der Waals surface area contributed by atoms with Gasteiger partial charge in [-0.15, -0.1) is 0 Å². The SMILES string of the molecule is CC(C)(C)C(O)CN1CCC(C#N)C1. The molecule has 0 amide bonds. The molecule has 0 aliphatic carbocycles. The van der Waals surface area contributed by atoms with Gasteiger partial charge in [0.1, 0.15) is 0 Å². The molecular weight excluding hydrogens is 176 g/mol. The number of nitriles is 1. The molecule has 14 heavy (non-hydrogen) atoms. The van der Waals surface area contributed by atoms with E-state index in [1.54, 1.807) is 0 Å². The highest BCUT2D eigenvalue weighted by Crippen LogP contribution is 2.22. The molecule has 1 N–H and O–H groups in total. The molecule has 3 heteroatoms. The van der Waals surface area contributed by atoms with Crippen molar-refractivity contribution in [2.75, 3.05) is 19.6 Å². The summed E-state index contributed by atoms with van der Waals surface area (Å²) in [6.07, 6.45) is 0.646. The van der Waals surface area contributed by atoms with Gasteiger partial charge < -0.3 is 5.11 Å². The van der Waals surface area contributed by atoms with E-state index in [-0.39, 0.29) is 17.4 Å². The molecule has 80 valence electrons. The Hall–Kier alpha value is -0.590. The second-order valence-electron chi connectivity index (χ2n) is 5.26. The van der Waals surface area contributed by atoms with Crippen LogP contribution < -0.4 is 0 Å². The standard InChI is InChI=1S/C11H20N2O/c1-11(2,3)10(14)8-13-5-4-9(6-12)7-13/h9-10,14H,4-5,7-8H2,1-3H3. The lowest BCUT2D eigenvalue weighted by molar-refractivity contribution is 0.0341. The van der Waals surface area contributed by atoms with Crippen LogP contribution in [-0.4, -0.2) is 35.7 Å². The van der Waals surface area contributed by atoms with Gasteiger partial charge in [0.05, 0.1) is 18.1 Å². The summed E-state index contributed by atoms with van der Waals surface area (Å²) in [5, 5.41) is 18.6. The summed E-state index contributed by atoms with van der Waals surface area (Å²) in [5.74, 6) is 0.169. The number of nitrogens with zero attached hydrogens (tertiary/aromatic N) is 2. The van der Waals surface area contributed by atoms with Gasteiger partial charge in [0.2, 0.25) is 0 Å². The van der Waals surface area contributed by atoms with E-state index in [0.717, 1.165) is 19.5 Å². The Labute approximate surface area is 86.3 Å². The molecule has 0 aromatic rings. The molecule has 1 aliphatic rings. The summed E-state index contributed by atoms with van der Waals surface area (Å²) in [4.78, 5) is 2.18. The summed E-state index contributed by atoms with van der Waals surface area (Å²) in [5.41, 5.74) is -0.0648. The Balaban J connectivity index is 2.37. The summed E-state index contributed by atoms with van der Waals surface area (Å²) in [6, 6.07) is 2.28. The van der Waals surface area contributed by atoms with Crippen LogP contribution in [0.15, 0.2) is 0 Å². The largest absolute Gasteiger partial charge is 0.391 e. The van der Waals surface area contributed by atoms with Crippen molar-refractivity contribution < 1.29 is 5.11 Å². The normalized spacial score (nSPS) is 26.1. The highest BCUT2D eigenvalue weighted by molar-refractivity contribution is 4.91. The van der Waals surface area contributed by atoms with E-state index in [2.05, 4.69) is 11.0 Å². The van der Waals surface area contributed by atoms with Crippen LogP contribution >= 0.6 is 0 Å². The third kappa shape index (κ3) is 2.97. The molecule has 1 rings (SSSR count). The van der Waals surface area contributed by atoms with Crippen molar-refractivity contribution in [2.24, 2.45) is 11.3 Å². The summed E-state index contributed by atoms with van der Waals surface area (Å²) in [7, 11) is 0. The van der Waals surface area contributed by atoms with Crippen LogP contribution in [0.2, 0.25) is 0 Å². The van der Waals surface area contributed by atoms with Crippen LogP contribution in [0.3, 0.4) is 0 Å². The molecule has 0 radical (unpaired) electrons. The minimum absolute atomic E-state index is 0.0648. The molecule has 0 aromatic carbocycles. The lowest BCUT2D eigenvalue weighted by atomic mass is 9.89. The monoisotopic (exact) mass is 196 g/mol. The van der Waals surface area contributed by atoms with Crippen molar-refractivity contribution in [1.29, 1.82) is 5.26 Å². The minimum Gasteiger partial charge on any atom is -0.391 e. The van der Waals surface area contributed by atoms with Gasteiger partial charge >= 0.3 is 0 Å². The predicted molar refractivity (Wildman–Crippen MR) is 55.6 cm³/mol. The zero-order valence-electron chi connectivity index (χ0n) is 9.32. The topological polar surface area (TPSA) is 47.3 Å². The Kier molecular flexibility index (Phi) is 3.52. The van der Waals surface area contributed by atoms with Crippen LogP contribution in [0.25, 0.3) is 0 Å². The highest BCUT2D eigenvalue weighted by Gasteiger charge is 2.28. The minimum atomic E-state index is -0.306. The fraction of sp³-hybridized carbons (Fsp3) is 0.909. The predicted octanol–water partition coefficient (Wildman–Crippen LogP) is 1.24. The van der Waals surface area contributed by atoms with E-state index < -0.39 is 0 Å². The van der Waals surface area contributed by atoms with Crippen LogP contribution in [0.5, 0.6) is 0 Å². The smallest absolute Gasteiger partial charge is 0.0715 e. The van der Waals surface area contributed by atoms with Crippen molar-refractivity contribution in [2.45, 2.75) is 33.3 Å². The lowest BCUT2D eigenvalue weighted by Crippen LogP contribution is -2.38. The Bertz CT molecular complexity index is 226. The van der Waals surface area contributed by atoms with E-state index in [9.17, 15) is 5.11 Å². The Morgan fingerprint density at radius 2 is 2.21 bits per heavy atom. The molecule has 1 fully saturated rings. The van der Waals surface area contributed by atoms with Crippen LogP contribution in [0.1, 0.15) is 27.2 Å². The fourth-order valence-electron chi connectivity index (χ4n) is 1.62. The molecule has 3 nitrogen and oxygen atoms in total. The van der Waals surface area contributed by atoms with Gasteiger partial charge in [-0.25, -0.2) is 0 Å². The Morgan fingerprint density at radius 3 is 2.64 bits per heavy atom. The molecule has 1 saturated heterocycles. The molecule has 0 bridgehead atoms. The quantitative estimate of drug-likeness (QED) is 0.723. The summed E-state index contributed by atoms with van der Waals surface area (Å²) >= 11 is 0. The first-order valence-electron chi connectivity index (χ1n) is 5.23.